The van der Waals surface area contributed by atoms with Crippen molar-refractivity contribution in [3.63, 3.8) is 0 Å². The number of phenols is 1. The van der Waals surface area contributed by atoms with Gasteiger partial charge in [-0.1, -0.05) is 0 Å². The summed E-state index contributed by atoms with van der Waals surface area (Å²) in [5.41, 5.74) is -0.916. The van der Waals surface area contributed by atoms with Gasteiger partial charge in [0.05, 0.1) is 12.2 Å². The number of hydrogen-bond donors (Lipinski definition) is 1. The zero-order valence-electron chi connectivity index (χ0n) is 7.43. The van der Waals surface area contributed by atoms with Gasteiger partial charge in [0.1, 0.15) is 11.5 Å². The van der Waals surface area contributed by atoms with Crippen molar-refractivity contribution >= 4 is 0 Å². The number of ether oxygens (including phenoxy) is 1. The van der Waals surface area contributed by atoms with Gasteiger partial charge in [-0.25, -0.2) is 0 Å². The van der Waals surface area contributed by atoms with E-state index in [2.05, 4.69) is 0 Å². The molecule has 0 spiro atoms. The minimum absolute atomic E-state index is 0.0137. The number of hydrogen-bond acceptors (Lipinski definition) is 2. The van der Waals surface area contributed by atoms with Crippen LogP contribution in [0.1, 0.15) is 12.5 Å². The smallest absolute Gasteiger partial charge is 0.416 e. The van der Waals surface area contributed by atoms with Crippen molar-refractivity contribution in [2.45, 2.75) is 13.1 Å². The first-order valence-corrected chi connectivity index (χ1v) is 3.97. The van der Waals surface area contributed by atoms with Crippen molar-refractivity contribution in [3.05, 3.63) is 23.8 Å². The zero-order valence-corrected chi connectivity index (χ0v) is 7.43. The van der Waals surface area contributed by atoms with E-state index in [1.165, 1.54) is 0 Å². The summed E-state index contributed by atoms with van der Waals surface area (Å²) in [4.78, 5) is 0. The molecule has 0 amide bonds. The summed E-state index contributed by atoms with van der Waals surface area (Å²) in [6.07, 6.45) is -4.47. The molecule has 0 unspecified atom stereocenters. The van der Waals surface area contributed by atoms with Crippen LogP contribution < -0.4 is 4.74 Å². The van der Waals surface area contributed by atoms with Gasteiger partial charge in [-0.05, 0) is 19.1 Å². The Hall–Kier alpha value is -1.39. The standard InChI is InChI=1S/C9H9F3O2/c1-2-14-8-4-6(9(10,11)12)3-7(13)5-8/h3-5,13H,2H2,1H3. The SMILES string of the molecule is CCOc1cc(O)cc(C(F)(F)F)c1. The van der Waals surface area contributed by atoms with E-state index >= 15 is 0 Å². The summed E-state index contributed by atoms with van der Waals surface area (Å²) in [5.74, 6) is -0.442. The normalized spacial score (nSPS) is 11.4. The highest BCUT2D eigenvalue weighted by Gasteiger charge is 2.31. The summed E-state index contributed by atoms with van der Waals surface area (Å²) >= 11 is 0. The molecule has 0 radical (unpaired) electrons. The average molecular weight is 206 g/mol. The van der Waals surface area contributed by atoms with Gasteiger partial charge in [0.2, 0.25) is 0 Å². The molecule has 5 heteroatoms. The average Bonchev–Trinajstić information content (AvgIpc) is 2.02. The second kappa shape index (κ2) is 3.77. The maximum absolute atomic E-state index is 12.2. The van der Waals surface area contributed by atoms with Crippen molar-refractivity contribution in [2.24, 2.45) is 0 Å². The van der Waals surface area contributed by atoms with E-state index < -0.39 is 17.5 Å². The minimum Gasteiger partial charge on any atom is -0.508 e. The highest BCUT2D eigenvalue weighted by atomic mass is 19.4. The largest absolute Gasteiger partial charge is 0.508 e. The van der Waals surface area contributed by atoms with Crippen LogP contribution in [-0.4, -0.2) is 11.7 Å². The molecule has 0 aliphatic heterocycles. The Morgan fingerprint density at radius 1 is 1.29 bits per heavy atom. The first kappa shape index (κ1) is 10.7. The Labute approximate surface area is 78.9 Å². The van der Waals surface area contributed by atoms with Crippen LogP contribution in [0.5, 0.6) is 11.5 Å². The Morgan fingerprint density at radius 3 is 2.43 bits per heavy atom. The van der Waals surface area contributed by atoms with E-state index in [9.17, 15) is 13.2 Å². The molecule has 1 rings (SSSR count). The Kier molecular flexibility index (Phi) is 2.88. The quantitative estimate of drug-likeness (QED) is 0.806. The van der Waals surface area contributed by atoms with E-state index in [1.807, 2.05) is 0 Å². The van der Waals surface area contributed by atoms with Crippen LogP contribution in [-0.2, 0) is 6.18 Å². The van der Waals surface area contributed by atoms with Crippen LogP contribution >= 0.6 is 0 Å². The Morgan fingerprint density at radius 2 is 1.93 bits per heavy atom. The van der Waals surface area contributed by atoms with Crippen molar-refractivity contribution in [3.8, 4) is 11.5 Å². The number of alkyl halides is 3. The molecule has 0 bridgehead atoms. The first-order valence-electron chi connectivity index (χ1n) is 3.97. The lowest BCUT2D eigenvalue weighted by Gasteiger charge is -2.09. The lowest BCUT2D eigenvalue weighted by molar-refractivity contribution is -0.137. The van der Waals surface area contributed by atoms with Gasteiger partial charge in [-0.2, -0.15) is 13.2 Å². The third kappa shape index (κ3) is 2.55. The molecule has 1 aromatic carbocycles. The highest BCUT2D eigenvalue weighted by molar-refractivity contribution is 5.38. The molecule has 0 fully saturated rings. The van der Waals surface area contributed by atoms with Crippen LogP contribution in [0.2, 0.25) is 0 Å². The molecule has 1 N–H and O–H groups in total. The fourth-order valence-electron chi connectivity index (χ4n) is 0.997. The van der Waals surface area contributed by atoms with Crippen LogP contribution in [0, 0.1) is 0 Å². The van der Waals surface area contributed by atoms with Crippen molar-refractivity contribution in [2.75, 3.05) is 6.61 Å². The maximum Gasteiger partial charge on any atom is 0.416 e. The summed E-state index contributed by atoms with van der Waals surface area (Å²) < 4.78 is 41.5. The van der Waals surface area contributed by atoms with E-state index in [-0.39, 0.29) is 12.4 Å². The van der Waals surface area contributed by atoms with E-state index in [0.29, 0.717) is 6.07 Å². The van der Waals surface area contributed by atoms with Gasteiger partial charge in [0.15, 0.2) is 0 Å². The van der Waals surface area contributed by atoms with E-state index in [0.717, 1.165) is 12.1 Å². The van der Waals surface area contributed by atoms with Crippen molar-refractivity contribution in [1.29, 1.82) is 0 Å². The molecule has 1 aromatic rings. The maximum atomic E-state index is 12.2. The third-order valence-electron chi connectivity index (χ3n) is 1.53. The van der Waals surface area contributed by atoms with E-state index in [4.69, 9.17) is 9.84 Å². The third-order valence-corrected chi connectivity index (χ3v) is 1.53. The Balaban J connectivity index is 3.07. The molecule has 0 saturated carbocycles. The number of aromatic hydroxyl groups is 1. The molecule has 0 aromatic heterocycles. The lowest BCUT2D eigenvalue weighted by Crippen LogP contribution is -2.05. The molecule has 0 heterocycles. The monoisotopic (exact) mass is 206 g/mol. The topological polar surface area (TPSA) is 29.5 Å². The molecule has 0 aliphatic rings. The second-order valence-corrected chi connectivity index (χ2v) is 2.65. The fourth-order valence-corrected chi connectivity index (χ4v) is 0.997. The summed E-state index contributed by atoms with van der Waals surface area (Å²) in [6, 6.07) is 2.64. The van der Waals surface area contributed by atoms with Gasteiger partial charge in [-0.3, -0.25) is 0 Å². The van der Waals surface area contributed by atoms with Crippen LogP contribution in [0.4, 0.5) is 13.2 Å². The molecule has 78 valence electrons. The predicted molar refractivity (Wildman–Crippen MR) is 44.3 cm³/mol. The van der Waals surface area contributed by atoms with Gasteiger partial charge in [0, 0.05) is 6.07 Å². The first-order chi connectivity index (χ1) is 6.43. The second-order valence-electron chi connectivity index (χ2n) is 2.65. The summed E-state index contributed by atoms with van der Waals surface area (Å²) in [7, 11) is 0. The molecular weight excluding hydrogens is 197 g/mol. The van der Waals surface area contributed by atoms with Crippen molar-refractivity contribution < 1.29 is 23.0 Å². The molecule has 2 nitrogen and oxygen atoms in total. The molecule has 14 heavy (non-hydrogen) atoms. The zero-order chi connectivity index (χ0) is 10.8. The number of phenolic OH excluding ortho intramolecular Hbond substituents is 1. The van der Waals surface area contributed by atoms with Crippen LogP contribution in [0.25, 0.3) is 0 Å². The fraction of sp³-hybridized carbons (Fsp3) is 0.333. The molecule has 0 saturated heterocycles. The number of halogens is 3. The van der Waals surface area contributed by atoms with Gasteiger partial charge < -0.3 is 9.84 Å². The van der Waals surface area contributed by atoms with E-state index in [1.54, 1.807) is 6.92 Å². The molecular formula is C9H9F3O2. The summed E-state index contributed by atoms with van der Waals surface area (Å²) in [6.45, 7) is 1.90. The van der Waals surface area contributed by atoms with Crippen LogP contribution in [0.3, 0.4) is 0 Å². The van der Waals surface area contributed by atoms with Gasteiger partial charge in [-0.15, -0.1) is 0 Å². The predicted octanol–water partition coefficient (Wildman–Crippen LogP) is 2.81. The highest BCUT2D eigenvalue weighted by Crippen LogP contribution is 2.34. The summed E-state index contributed by atoms with van der Waals surface area (Å²) in [5, 5.41) is 9.00. The number of benzene rings is 1. The van der Waals surface area contributed by atoms with Gasteiger partial charge in [0.25, 0.3) is 0 Å². The molecule has 0 aliphatic carbocycles. The Bertz CT molecular complexity index is 320. The number of rotatable bonds is 2. The lowest BCUT2D eigenvalue weighted by atomic mass is 10.2. The minimum atomic E-state index is -4.47. The van der Waals surface area contributed by atoms with Crippen molar-refractivity contribution in [1.82, 2.24) is 0 Å². The van der Waals surface area contributed by atoms with Crippen LogP contribution in [0.15, 0.2) is 18.2 Å². The molecule has 0 atom stereocenters. The van der Waals surface area contributed by atoms with Gasteiger partial charge >= 0.3 is 6.18 Å².